The van der Waals surface area contributed by atoms with Gasteiger partial charge in [-0.2, -0.15) is 0 Å². The molecule has 0 amide bonds. The van der Waals surface area contributed by atoms with Crippen molar-refractivity contribution in [3.63, 3.8) is 0 Å². The molecule has 1 radical (unpaired) electrons. The van der Waals surface area contributed by atoms with E-state index in [-0.39, 0.29) is 5.02 Å². The van der Waals surface area contributed by atoms with Gasteiger partial charge >= 0.3 is 0 Å². The highest BCUT2D eigenvalue weighted by molar-refractivity contribution is 6.36. The summed E-state index contributed by atoms with van der Waals surface area (Å²) in [4.78, 5) is 0. The van der Waals surface area contributed by atoms with Gasteiger partial charge in [-0.1, -0.05) is 35.3 Å². The standard InChI is InChI=1S/C12H5Cl2F2/c13-8-2-3-9(10(14)6-8)7-1-4-11(15)12(16)5-7/h1-5H. The van der Waals surface area contributed by atoms with Crippen molar-refractivity contribution >= 4 is 23.2 Å². The van der Waals surface area contributed by atoms with Crippen molar-refractivity contribution in [2.45, 2.75) is 0 Å². The van der Waals surface area contributed by atoms with E-state index in [2.05, 4.69) is 6.07 Å². The predicted molar refractivity (Wildman–Crippen MR) is 60.7 cm³/mol. The van der Waals surface area contributed by atoms with E-state index < -0.39 is 11.6 Å². The number of rotatable bonds is 1. The molecule has 0 saturated carbocycles. The first-order valence-corrected chi connectivity index (χ1v) is 5.16. The average Bonchev–Trinajstić information content (AvgIpc) is 2.22. The van der Waals surface area contributed by atoms with Crippen molar-refractivity contribution in [3.8, 4) is 11.1 Å². The minimum absolute atomic E-state index is 0.276. The highest BCUT2D eigenvalue weighted by atomic mass is 35.5. The second-order valence-electron chi connectivity index (χ2n) is 3.16. The maximum atomic E-state index is 13.0. The van der Waals surface area contributed by atoms with Crippen molar-refractivity contribution in [2.24, 2.45) is 0 Å². The van der Waals surface area contributed by atoms with Crippen LogP contribution in [0.1, 0.15) is 0 Å². The summed E-state index contributed by atoms with van der Waals surface area (Å²) in [6, 6.07) is 9.48. The van der Waals surface area contributed by atoms with E-state index in [1.807, 2.05) is 0 Å². The van der Waals surface area contributed by atoms with Crippen molar-refractivity contribution in [3.05, 3.63) is 58.1 Å². The summed E-state index contributed by atoms with van der Waals surface area (Å²) in [6.07, 6.45) is 0. The number of halogens is 4. The van der Waals surface area contributed by atoms with E-state index >= 15 is 0 Å². The first-order chi connectivity index (χ1) is 7.58. The molecule has 0 spiro atoms. The van der Waals surface area contributed by atoms with Crippen LogP contribution in [0.25, 0.3) is 11.1 Å². The molecule has 0 aromatic heterocycles. The Morgan fingerprint density at radius 3 is 2.31 bits per heavy atom. The van der Waals surface area contributed by atoms with E-state index in [0.29, 0.717) is 16.1 Å². The Hall–Kier alpha value is -1.12. The zero-order chi connectivity index (χ0) is 11.7. The Bertz CT molecular complexity index is 539. The third-order valence-corrected chi connectivity index (χ3v) is 2.61. The molecule has 0 aliphatic rings. The maximum Gasteiger partial charge on any atom is 0.159 e. The molecule has 0 saturated heterocycles. The van der Waals surface area contributed by atoms with E-state index in [1.165, 1.54) is 6.07 Å². The van der Waals surface area contributed by atoms with E-state index in [9.17, 15) is 8.78 Å². The fourth-order valence-electron chi connectivity index (χ4n) is 1.33. The van der Waals surface area contributed by atoms with Crippen molar-refractivity contribution in [2.75, 3.05) is 0 Å². The number of hydrogen-bond donors (Lipinski definition) is 0. The van der Waals surface area contributed by atoms with Crippen LogP contribution < -0.4 is 0 Å². The topological polar surface area (TPSA) is 0 Å². The monoisotopic (exact) mass is 257 g/mol. The molecule has 0 fully saturated rings. The Balaban J connectivity index is 2.54. The van der Waals surface area contributed by atoms with Gasteiger partial charge < -0.3 is 0 Å². The minimum atomic E-state index is -0.913. The first kappa shape index (κ1) is 11.4. The van der Waals surface area contributed by atoms with Gasteiger partial charge in [0.1, 0.15) is 0 Å². The molecule has 16 heavy (non-hydrogen) atoms. The van der Waals surface area contributed by atoms with Gasteiger partial charge in [-0.25, -0.2) is 8.78 Å². The third kappa shape index (κ3) is 2.18. The lowest BCUT2D eigenvalue weighted by molar-refractivity contribution is 0.509. The van der Waals surface area contributed by atoms with Gasteiger partial charge in [0.25, 0.3) is 0 Å². The first-order valence-electron chi connectivity index (χ1n) is 4.40. The Morgan fingerprint density at radius 1 is 0.938 bits per heavy atom. The van der Waals surface area contributed by atoms with Gasteiger partial charge in [-0.15, -0.1) is 0 Å². The molecule has 0 unspecified atom stereocenters. The maximum absolute atomic E-state index is 13.0. The lowest BCUT2D eigenvalue weighted by Crippen LogP contribution is -1.86. The van der Waals surface area contributed by atoms with E-state index in [0.717, 1.165) is 12.1 Å². The van der Waals surface area contributed by atoms with Gasteiger partial charge in [0.2, 0.25) is 0 Å². The molecule has 81 valence electrons. The quantitative estimate of drug-likeness (QED) is 0.693. The summed E-state index contributed by atoms with van der Waals surface area (Å²) in [5, 5.41) is 0.648. The van der Waals surface area contributed by atoms with Crippen LogP contribution in [-0.4, -0.2) is 0 Å². The SMILES string of the molecule is Fc1ccc(-c2ccc(Cl)[c]c2Cl)cc1F. The molecule has 0 bridgehead atoms. The van der Waals surface area contributed by atoms with Crippen LogP contribution in [0.2, 0.25) is 10.0 Å². The van der Waals surface area contributed by atoms with Crippen molar-refractivity contribution < 1.29 is 8.78 Å². The molecule has 0 nitrogen and oxygen atoms in total. The van der Waals surface area contributed by atoms with Crippen LogP contribution in [-0.2, 0) is 0 Å². The Kier molecular flexibility index (Phi) is 3.13. The summed E-state index contributed by atoms with van der Waals surface area (Å²) < 4.78 is 25.8. The van der Waals surface area contributed by atoms with Crippen LogP contribution in [0.3, 0.4) is 0 Å². The largest absolute Gasteiger partial charge is 0.204 e. The van der Waals surface area contributed by atoms with Crippen LogP contribution in [0.5, 0.6) is 0 Å². The zero-order valence-corrected chi connectivity index (χ0v) is 9.41. The van der Waals surface area contributed by atoms with E-state index in [1.54, 1.807) is 12.1 Å². The van der Waals surface area contributed by atoms with Crippen LogP contribution >= 0.6 is 23.2 Å². The smallest absolute Gasteiger partial charge is 0.159 e. The van der Waals surface area contributed by atoms with Gasteiger partial charge in [0.05, 0.1) is 10.0 Å². The lowest BCUT2D eigenvalue weighted by Gasteiger charge is -2.05. The zero-order valence-electron chi connectivity index (χ0n) is 7.90. The van der Waals surface area contributed by atoms with Gasteiger partial charge in [0.15, 0.2) is 11.6 Å². The second-order valence-corrected chi connectivity index (χ2v) is 3.95. The Labute approximate surface area is 101 Å². The van der Waals surface area contributed by atoms with Crippen LogP contribution in [0, 0.1) is 17.7 Å². The summed E-state index contributed by atoms with van der Waals surface area (Å²) in [6.45, 7) is 0. The lowest BCUT2D eigenvalue weighted by atomic mass is 10.1. The highest BCUT2D eigenvalue weighted by Gasteiger charge is 2.08. The molecule has 2 aromatic rings. The summed E-state index contributed by atoms with van der Waals surface area (Å²) >= 11 is 11.6. The number of hydrogen-bond acceptors (Lipinski definition) is 0. The molecule has 0 N–H and O–H groups in total. The van der Waals surface area contributed by atoms with Gasteiger partial charge in [0, 0.05) is 11.6 Å². The summed E-state index contributed by atoms with van der Waals surface area (Å²) in [5.74, 6) is -1.80. The van der Waals surface area contributed by atoms with Crippen LogP contribution in [0.15, 0.2) is 30.3 Å². The second kappa shape index (κ2) is 4.40. The molecule has 0 heterocycles. The average molecular weight is 258 g/mol. The van der Waals surface area contributed by atoms with E-state index in [4.69, 9.17) is 23.2 Å². The number of benzene rings is 2. The predicted octanol–water partition coefficient (Wildman–Crippen LogP) is 4.74. The summed E-state index contributed by atoms with van der Waals surface area (Å²) in [7, 11) is 0. The Morgan fingerprint density at radius 2 is 1.69 bits per heavy atom. The summed E-state index contributed by atoms with van der Waals surface area (Å²) in [5.41, 5.74) is 1.04. The van der Waals surface area contributed by atoms with Crippen molar-refractivity contribution in [1.82, 2.24) is 0 Å². The molecule has 2 rings (SSSR count). The molecule has 2 aromatic carbocycles. The van der Waals surface area contributed by atoms with Gasteiger partial charge in [-0.05, 0) is 23.8 Å². The molecule has 0 atom stereocenters. The fraction of sp³-hybridized carbons (Fsp3) is 0. The fourth-order valence-corrected chi connectivity index (χ4v) is 1.81. The highest BCUT2D eigenvalue weighted by Crippen LogP contribution is 2.30. The molecular weight excluding hydrogens is 253 g/mol. The molecular formula is C12H5Cl2F2. The molecule has 0 aliphatic heterocycles. The minimum Gasteiger partial charge on any atom is -0.204 e. The third-order valence-electron chi connectivity index (χ3n) is 2.09. The van der Waals surface area contributed by atoms with Gasteiger partial charge in [-0.3, -0.25) is 0 Å². The van der Waals surface area contributed by atoms with Crippen LogP contribution in [0.4, 0.5) is 8.78 Å². The normalized spacial score (nSPS) is 10.5. The molecule has 4 heteroatoms. The van der Waals surface area contributed by atoms with Crippen molar-refractivity contribution in [1.29, 1.82) is 0 Å². The molecule has 0 aliphatic carbocycles.